The molecule has 0 N–H and O–H groups in total. The minimum Gasteiger partial charge on any atom is -0.437 e. The average Bonchev–Trinajstić information content (AvgIpc) is 3.15. The molecule has 2 heterocycles. The van der Waals surface area contributed by atoms with Crippen molar-refractivity contribution < 1.29 is 27.7 Å². The van der Waals surface area contributed by atoms with Crippen molar-refractivity contribution >= 4 is 36.1 Å². The van der Waals surface area contributed by atoms with E-state index >= 15 is 9.13 Å². The van der Waals surface area contributed by atoms with Gasteiger partial charge in [-0.15, -0.1) is 13.2 Å². The summed E-state index contributed by atoms with van der Waals surface area (Å²) in [7, 11) is -7.69. The van der Waals surface area contributed by atoms with Crippen molar-refractivity contribution in [2.24, 2.45) is 0 Å². The molecule has 6 aromatic rings. The minimum atomic E-state index is -3.85. The fraction of sp³-hybridized carbons (Fsp3) is 0.0952. The Hall–Kier alpha value is -4.96. The van der Waals surface area contributed by atoms with Crippen LogP contribution in [0.3, 0.4) is 0 Å². The summed E-state index contributed by atoms with van der Waals surface area (Å²) >= 11 is 0. The van der Waals surface area contributed by atoms with Crippen LogP contribution in [0.2, 0.25) is 0 Å². The van der Waals surface area contributed by atoms with Gasteiger partial charge in [0.15, 0.2) is 11.7 Å². The van der Waals surface area contributed by atoms with Gasteiger partial charge in [-0.25, -0.2) is 0 Å². The number of para-hydroxylation sites is 2. The van der Waals surface area contributed by atoms with E-state index in [2.05, 4.69) is 13.2 Å². The van der Waals surface area contributed by atoms with Crippen molar-refractivity contribution in [3.05, 3.63) is 170 Å². The van der Waals surface area contributed by atoms with Crippen LogP contribution in [0.1, 0.15) is 22.8 Å². The standard InChI is InChI=1S/C42H34O6P2/c1-3-27-45-41(49(43)38-25-11-7-19-32(38)30-17-5-9-23-36(30)47-49)34-21-13-15-29-16-14-22-35(40(29)34)42(46-28-4-2)50(44)39-26-12-8-20-33(39)31-18-6-10-24-37(31)48-50/h3-26,41-42H,1-2,27-28H2. The molecule has 2 aliphatic heterocycles. The zero-order valence-corrected chi connectivity index (χ0v) is 29.0. The zero-order chi connectivity index (χ0) is 34.3. The van der Waals surface area contributed by atoms with Gasteiger partial charge in [-0.2, -0.15) is 0 Å². The Balaban J connectivity index is 1.37. The topological polar surface area (TPSA) is 71.1 Å². The molecule has 0 fully saturated rings. The second kappa shape index (κ2) is 13.1. The molecule has 0 bridgehead atoms. The van der Waals surface area contributed by atoms with Crippen molar-refractivity contribution in [1.82, 2.24) is 0 Å². The lowest BCUT2D eigenvalue weighted by molar-refractivity contribution is 0.122. The summed E-state index contributed by atoms with van der Waals surface area (Å²) < 4.78 is 57.6. The molecule has 0 aromatic heterocycles. The molecule has 248 valence electrons. The van der Waals surface area contributed by atoms with E-state index in [0.717, 1.165) is 27.6 Å². The van der Waals surface area contributed by atoms with Gasteiger partial charge in [0.2, 0.25) is 0 Å². The Morgan fingerprint density at radius 1 is 0.520 bits per heavy atom. The molecule has 4 atom stereocenters. The molecule has 0 saturated heterocycles. The summed E-state index contributed by atoms with van der Waals surface area (Å²) in [6, 6.07) is 42.0. The minimum absolute atomic E-state index is 0.114. The molecule has 0 aliphatic carbocycles. The fourth-order valence-corrected chi connectivity index (χ4v) is 12.3. The number of ether oxygens (including phenoxy) is 2. The quantitative estimate of drug-likeness (QED) is 0.105. The van der Waals surface area contributed by atoms with Crippen LogP contribution in [0.15, 0.2) is 159 Å². The van der Waals surface area contributed by atoms with E-state index in [1.165, 1.54) is 0 Å². The van der Waals surface area contributed by atoms with E-state index in [1.807, 2.05) is 133 Å². The number of fused-ring (bicyclic) bond motifs is 7. The highest BCUT2D eigenvalue weighted by Crippen LogP contribution is 2.67. The van der Waals surface area contributed by atoms with Crippen LogP contribution in [0.5, 0.6) is 11.5 Å². The van der Waals surface area contributed by atoms with Gasteiger partial charge in [0.05, 0.1) is 23.8 Å². The molecule has 8 rings (SSSR count). The summed E-state index contributed by atoms with van der Waals surface area (Å²) in [5.74, 6) is -1.07. The predicted molar refractivity (Wildman–Crippen MR) is 201 cm³/mol. The van der Waals surface area contributed by atoms with E-state index in [1.54, 1.807) is 12.2 Å². The molecular weight excluding hydrogens is 662 g/mol. The van der Waals surface area contributed by atoms with Crippen LogP contribution in [-0.4, -0.2) is 13.2 Å². The van der Waals surface area contributed by atoms with Crippen LogP contribution < -0.4 is 19.7 Å². The third-order valence-corrected chi connectivity index (χ3v) is 14.3. The number of benzene rings is 6. The maximum absolute atomic E-state index is 15.7. The maximum atomic E-state index is 15.7. The van der Waals surface area contributed by atoms with Crippen LogP contribution in [0, 0.1) is 0 Å². The molecule has 6 nitrogen and oxygen atoms in total. The van der Waals surface area contributed by atoms with Gasteiger partial charge in [0, 0.05) is 22.3 Å². The highest BCUT2D eigenvalue weighted by atomic mass is 31.2. The van der Waals surface area contributed by atoms with Crippen LogP contribution in [-0.2, 0) is 18.6 Å². The molecule has 0 amide bonds. The summed E-state index contributed by atoms with van der Waals surface area (Å²) in [5, 5.41) is 2.66. The van der Waals surface area contributed by atoms with Gasteiger partial charge in [0.25, 0.3) is 0 Å². The van der Waals surface area contributed by atoms with Gasteiger partial charge in [-0.05, 0) is 46.2 Å². The van der Waals surface area contributed by atoms with Crippen molar-refractivity contribution in [3.63, 3.8) is 0 Å². The summed E-state index contributed by atoms with van der Waals surface area (Å²) in [4.78, 5) is 0. The first-order chi connectivity index (χ1) is 24.5. The molecule has 4 unspecified atom stereocenters. The molecular formula is C42H34O6P2. The Kier molecular flexibility index (Phi) is 8.42. The van der Waals surface area contributed by atoms with E-state index in [4.69, 9.17) is 18.5 Å². The van der Waals surface area contributed by atoms with Gasteiger partial charge in [0.1, 0.15) is 11.5 Å². The predicted octanol–water partition coefficient (Wildman–Crippen LogP) is 10.6. The maximum Gasteiger partial charge on any atom is 0.310 e. The normalized spacial score (nSPS) is 19.8. The Morgan fingerprint density at radius 2 is 0.920 bits per heavy atom. The first-order valence-corrected chi connectivity index (χ1v) is 19.8. The molecule has 50 heavy (non-hydrogen) atoms. The smallest absolute Gasteiger partial charge is 0.310 e. The van der Waals surface area contributed by atoms with Crippen molar-refractivity contribution in [1.29, 1.82) is 0 Å². The molecule has 0 spiro atoms. The average molecular weight is 697 g/mol. The molecule has 0 saturated carbocycles. The lowest BCUT2D eigenvalue weighted by atomic mass is 9.99. The second-order valence-electron chi connectivity index (χ2n) is 12.1. The third-order valence-electron chi connectivity index (χ3n) is 9.16. The van der Waals surface area contributed by atoms with Crippen LogP contribution in [0.4, 0.5) is 0 Å². The van der Waals surface area contributed by atoms with E-state index in [0.29, 0.717) is 38.6 Å². The number of hydrogen-bond acceptors (Lipinski definition) is 6. The van der Waals surface area contributed by atoms with Crippen molar-refractivity contribution in [2.75, 3.05) is 13.2 Å². The summed E-state index contributed by atoms with van der Waals surface area (Å²) in [5.41, 5.74) is 4.60. The van der Waals surface area contributed by atoms with E-state index in [9.17, 15) is 0 Å². The van der Waals surface area contributed by atoms with Gasteiger partial charge < -0.3 is 18.5 Å². The molecule has 0 radical (unpaired) electrons. The lowest BCUT2D eigenvalue weighted by Crippen LogP contribution is -2.25. The summed E-state index contributed by atoms with van der Waals surface area (Å²) in [6.07, 6.45) is 3.26. The fourth-order valence-electron chi connectivity index (χ4n) is 7.09. The SMILES string of the molecule is C=CCOC(c1cccc2cccc(C(OCC=C)P3(=O)Oc4ccccc4-c4ccccc43)c12)P1(=O)Oc2ccccc2-c2ccccc21. The van der Waals surface area contributed by atoms with Crippen LogP contribution >= 0.6 is 14.7 Å². The van der Waals surface area contributed by atoms with Gasteiger partial charge >= 0.3 is 14.7 Å². The Bertz CT molecular complexity index is 2220. The second-order valence-corrected chi connectivity index (χ2v) is 16.8. The Morgan fingerprint density at radius 3 is 1.36 bits per heavy atom. The highest BCUT2D eigenvalue weighted by molar-refractivity contribution is 7.68. The van der Waals surface area contributed by atoms with Gasteiger partial charge in [-0.1, -0.05) is 121 Å². The van der Waals surface area contributed by atoms with Crippen molar-refractivity contribution in [3.8, 4) is 33.8 Å². The lowest BCUT2D eigenvalue weighted by Gasteiger charge is -2.36. The first-order valence-electron chi connectivity index (χ1n) is 16.4. The summed E-state index contributed by atoms with van der Waals surface area (Å²) in [6.45, 7) is 8.00. The Labute approximate surface area is 291 Å². The van der Waals surface area contributed by atoms with Crippen molar-refractivity contribution in [2.45, 2.75) is 11.7 Å². The number of rotatable bonds is 10. The first kappa shape index (κ1) is 32.3. The molecule has 8 heteroatoms. The van der Waals surface area contributed by atoms with E-state index < -0.39 is 26.4 Å². The molecule has 2 aliphatic rings. The van der Waals surface area contributed by atoms with Gasteiger partial charge in [-0.3, -0.25) is 9.13 Å². The third kappa shape index (κ3) is 5.19. The highest BCUT2D eigenvalue weighted by Gasteiger charge is 2.48. The number of hydrogen-bond donors (Lipinski definition) is 0. The van der Waals surface area contributed by atoms with E-state index in [-0.39, 0.29) is 13.2 Å². The molecule has 6 aromatic carbocycles. The monoisotopic (exact) mass is 696 g/mol. The largest absolute Gasteiger partial charge is 0.437 e. The zero-order valence-electron chi connectivity index (χ0n) is 27.2. The van der Waals surface area contributed by atoms with Crippen LogP contribution in [0.25, 0.3) is 33.0 Å².